The summed E-state index contributed by atoms with van der Waals surface area (Å²) < 4.78 is 12.9. The van der Waals surface area contributed by atoms with Gasteiger partial charge < -0.3 is 11.1 Å². The summed E-state index contributed by atoms with van der Waals surface area (Å²) in [6.07, 6.45) is 1.46. The predicted octanol–water partition coefficient (Wildman–Crippen LogP) is 2.60. The average molecular weight is 273 g/mol. The molecule has 0 spiro atoms. The summed E-state index contributed by atoms with van der Waals surface area (Å²) in [7, 11) is 0. The number of carbonyl (C=O) groups excluding carboxylic acids is 1. The van der Waals surface area contributed by atoms with Crippen molar-refractivity contribution in [3.05, 3.63) is 59.2 Å². The number of hydrogen-bond acceptors (Lipinski definition) is 3. The zero-order valence-electron chi connectivity index (χ0n) is 11.4. The van der Waals surface area contributed by atoms with Crippen LogP contribution in [0.2, 0.25) is 0 Å². The second-order valence-corrected chi connectivity index (χ2v) is 4.66. The Kier molecular flexibility index (Phi) is 3.98. The Morgan fingerprint density at radius 2 is 2.00 bits per heavy atom. The van der Waals surface area contributed by atoms with Crippen LogP contribution in [0.3, 0.4) is 0 Å². The number of anilines is 1. The molecule has 4 nitrogen and oxygen atoms in total. The Labute approximate surface area is 116 Å². The molecule has 2 rings (SSSR count). The molecule has 0 fully saturated rings. The SMILES string of the molecule is Cc1cc(N)c(C(=O)NC(C)c2ccc(F)cc2)cn1. The number of aryl methyl sites for hydroxylation is 1. The number of nitrogens with one attached hydrogen (secondary N) is 1. The molecule has 0 aliphatic rings. The van der Waals surface area contributed by atoms with Crippen molar-refractivity contribution < 1.29 is 9.18 Å². The lowest BCUT2D eigenvalue weighted by atomic mass is 10.1. The molecule has 20 heavy (non-hydrogen) atoms. The van der Waals surface area contributed by atoms with Crippen LogP contribution in [0, 0.1) is 12.7 Å². The van der Waals surface area contributed by atoms with E-state index in [1.54, 1.807) is 25.1 Å². The Bertz CT molecular complexity index is 626. The van der Waals surface area contributed by atoms with Crippen molar-refractivity contribution in [3.63, 3.8) is 0 Å². The van der Waals surface area contributed by atoms with E-state index in [0.29, 0.717) is 11.3 Å². The van der Waals surface area contributed by atoms with Gasteiger partial charge in [0.25, 0.3) is 5.91 Å². The van der Waals surface area contributed by atoms with Gasteiger partial charge in [-0.2, -0.15) is 0 Å². The van der Waals surface area contributed by atoms with E-state index in [4.69, 9.17) is 5.73 Å². The Morgan fingerprint density at radius 1 is 1.35 bits per heavy atom. The van der Waals surface area contributed by atoms with Crippen molar-refractivity contribution in [2.75, 3.05) is 5.73 Å². The van der Waals surface area contributed by atoms with Crippen LogP contribution in [0.1, 0.15) is 34.6 Å². The van der Waals surface area contributed by atoms with Gasteiger partial charge in [0.1, 0.15) is 5.82 Å². The number of halogens is 1. The van der Waals surface area contributed by atoms with E-state index >= 15 is 0 Å². The van der Waals surface area contributed by atoms with E-state index in [0.717, 1.165) is 11.3 Å². The summed E-state index contributed by atoms with van der Waals surface area (Å²) in [6, 6.07) is 7.40. The van der Waals surface area contributed by atoms with Crippen molar-refractivity contribution in [3.8, 4) is 0 Å². The van der Waals surface area contributed by atoms with Gasteiger partial charge in [-0.05, 0) is 37.6 Å². The number of amides is 1. The summed E-state index contributed by atoms with van der Waals surface area (Å²) in [5.74, 6) is -0.605. The molecule has 0 saturated carbocycles. The number of pyridine rings is 1. The smallest absolute Gasteiger partial charge is 0.255 e. The molecule has 2 aromatic rings. The van der Waals surface area contributed by atoms with Gasteiger partial charge in [-0.3, -0.25) is 9.78 Å². The average Bonchev–Trinajstić information content (AvgIpc) is 2.39. The van der Waals surface area contributed by atoms with E-state index in [1.165, 1.54) is 18.3 Å². The maximum absolute atomic E-state index is 12.9. The van der Waals surface area contributed by atoms with Crippen LogP contribution in [0.4, 0.5) is 10.1 Å². The van der Waals surface area contributed by atoms with Crippen LogP contribution in [-0.2, 0) is 0 Å². The summed E-state index contributed by atoms with van der Waals surface area (Å²) in [5, 5.41) is 2.81. The zero-order chi connectivity index (χ0) is 14.7. The summed E-state index contributed by atoms with van der Waals surface area (Å²) in [6.45, 7) is 3.63. The normalized spacial score (nSPS) is 11.9. The summed E-state index contributed by atoms with van der Waals surface area (Å²) >= 11 is 0. The molecule has 1 aromatic heterocycles. The van der Waals surface area contributed by atoms with Crippen LogP contribution in [0.5, 0.6) is 0 Å². The van der Waals surface area contributed by atoms with Crippen molar-refractivity contribution >= 4 is 11.6 Å². The van der Waals surface area contributed by atoms with Gasteiger partial charge in [0.15, 0.2) is 0 Å². The van der Waals surface area contributed by atoms with E-state index in [9.17, 15) is 9.18 Å². The Morgan fingerprint density at radius 3 is 2.60 bits per heavy atom. The number of nitrogens with two attached hydrogens (primary N) is 1. The maximum Gasteiger partial charge on any atom is 0.255 e. The van der Waals surface area contributed by atoms with Gasteiger partial charge >= 0.3 is 0 Å². The molecule has 1 aromatic carbocycles. The van der Waals surface area contributed by atoms with Crippen molar-refractivity contribution in [2.24, 2.45) is 0 Å². The third-order valence-electron chi connectivity index (χ3n) is 3.03. The Hall–Kier alpha value is -2.43. The second-order valence-electron chi connectivity index (χ2n) is 4.66. The van der Waals surface area contributed by atoms with Crippen LogP contribution in [0.25, 0.3) is 0 Å². The number of nitrogen functional groups attached to an aromatic ring is 1. The third kappa shape index (κ3) is 3.12. The minimum atomic E-state index is -0.306. The number of rotatable bonds is 3. The van der Waals surface area contributed by atoms with Gasteiger partial charge in [-0.1, -0.05) is 12.1 Å². The summed E-state index contributed by atoms with van der Waals surface area (Å²) in [4.78, 5) is 16.2. The van der Waals surface area contributed by atoms with Crippen molar-refractivity contribution in [2.45, 2.75) is 19.9 Å². The molecule has 1 heterocycles. The highest BCUT2D eigenvalue weighted by Crippen LogP contribution is 2.16. The first kappa shape index (κ1) is 14.0. The van der Waals surface area contributed by atoms with Crippen LogP contribution in [-0.4, -0.2) is 10.9 Å². The third-order valence-corrected chi connectivity index (χ3v) is 3.03. The van der Waals surface area contributed by atoms with Crippen LogP contribution < -0.4 is 11.1 Å². The van der Waals surface area contributed by atoms with Crippen LogP contribution >= 0.6 is 0 Å². The lowest BCUT2D eigenvalue weighted by Gasteiger charge is -2.15. The quantitative estimate of drug-likeness (QED) is 0.903. The minimum absolute atomic E-state index is 0.246. The zero-order valence-corrected chi connectivity index (χ0v) is 11.4. The molecule has 0 saturated heterocycles. The summed E-state index contributed by atoms with van der Waals surface area (Å²) in [5.41, 5.74) is 8.11. The minimum Gasteiger partial charge on any atom is -0.398 e. The maximum atomic E-state index is 12.9. The molecule has 0 aliphatic carbocycles. The standard InChI is InChI=1S/C15H16FN3O/c1-9-7-14(17)13(8-18-9)15(20)19-10(2)11-3-5-12(16)6-4-11/h3-8,10H,1-2H3,(H2,17,18)(H,19,20). The molecular formula is C15H16FN3O. The molecule has 0 bridgehead atoms. The Balaban J connectivity index is 2.13. The first-order chi connectivity index (χ1) is 9.47. The van der Waals surface area contributed by atoms with Crippen molar-refractivity contribution in [1.29, 1.82) is 0 Å². The molecule has 1 unspecified atom stereocenters. The van der Waals surface area contributed by atoms with Gasteiger partial charge in [-0.25, -0.2) is 4.39 Å². The molecule has 0 radical (unpaired) electrons. The predicted molar refractivity (Wildman–Crippen MR) is 75.7 cm³/mol. The second kappa shape index (κ2) is 5.69. The van der Waals surface area contributed by atoms with E-state index in [1.807, 2.05) is 6.92 Å². The highest BCUT2D eigenvalue weighted by Gasteiger charge is 2.14. The first-order valence-electron chi connectivity index (χ1n) is 6.26. The number of aromatic nitrogens is 1. The van der Waals surface area contributed by atoms with E-state index < -0.39 is 0 Å². The molecule has 0 aliphatic heterocycles. The fourth-order valence-electron chi connectivity index (χ4n) is 1.88. The van der Waals surface area contributed by atoms with Gasteiger partial charge in [0.2, 0.25) is 0 Å². The highest BCUT2D eigenvalue weighted by atomic mass is 19.1. The molecule has 104 valence electrons. The van der Waals surface area contributed by atoms with Crippen molar-refractivity contribution in [1.82, 2.24) is 10.3 Å². The molecule has 1 amide bonds. The van der Waals surface area contributed by atoms with E-state index in [-0.39, 0.29) is 17.8 Å². The number of hydrogen-bond donors (Lipinski definition) is 2. The van der Waals surface area contributed by atoms with Gasteiger partial charge in [-0.15, -0.1) is 0 Å². The number of benzene rings is 1. The number of carbonyl (C=O) groups is 1. The molecule has 3 N–H and O–H groups in total. The monoisotopic (exact) mass is 273 g/mol. The molecular weight excluding hydrogens is 257 g/mol. The lowest BCUT2D eigenvalue weighted by molar-refractivity contribution is 0.0940. The first-order valence-corrected chi connectivity index (χ1v) is 6.26. The van der Waals surface area contributed by atoms with E-state index in [2.05, 4.69) is 10.3 Å². The van der Waals surface area contributed by atoms with Gasteiger partial charge in [0.05, 0.1) is 11.6 Å². The highest BCUT2D eigenvalue weighted by molar-refractivity contribution is 5.99. The fourth-order valence-corrected chi connectivity index (χ4v) is 1.88. The topological polar surface area (TPSA) is 68.0 Å². The van der Waals surface area contributed by atoms with Gasteiger partial charge in [0, 0.05) is 17.6 Å². The fraction of sp³-hybridized carbons (Fsp3) is 0.200. The van der Waals surface area contributed by atoms with Crippen LogP contribution in [0.15, 0.2) is 36.5 Å². The lowest BCUT2D eigenvalue weighted by Crippen LogP contribution is -2.27. The molecule has 5 heteroatoms. The number of nitrogens with zero attached hydrogens (tertiary/aromatic N) is 1. The molecule has 1 atom stereocenters. The largest absolute Gasteiger partial charge is 0.398 e.